The van der Waals surface area contributed by atoms with Crippen LogP contribution in [0.15, 0.2) is 53.1 Å². The van der Waals surface area contributed by atoms with Crippen molar-refractivity contribution < 1.29 is 18.3 Å². The third-order valence-corrected chi connectivity index (χ3v) is 3.86. The van der Waals surface area contributed by atoms with Crippen LogP contribution in [0.4, 0.5) is 4.39 Å². The second kappa shape index (κ2) is 7.82. The molecule has 1 amide bonds. The smallest absolute Gasteiger partial charge is 0.251 e. The van der Waals surface area contributed by atoms with Crippen LogP contribution in [-0.4, -0.2) is 24.5 Å². The van der Waals surface area contributed by atoms with Crippen LogP contribution in [0.2, 0.25) is 0 Å². The van der Waals surface area contributed by atoms with Gasteiger partial charge in [-0.2, -0.15) is 0 Å². The van der Waals surface area contributed by atoms with Crippen molar-refractivity contribution in [2.45, 2.75) is 13.3 Å². The molecule has 0 radical (unpaired) electrons. The molecular weight excluding hydrogens is 335 g/mol. The average molecular weight is 354 g/mol. The Hall–Kier alpha value is -3.15. The van der Waals surface area contributed by atoms with Crippen molar-refractivity contribution in [3.8, 4) is 17.2 Å². The van der Waals surface area contributed by atoms with Gasteiger partial charge in [0.15, 0.2) is 0 Å². The number of aromatic nitrogens is 1. The molecule has 1 N–H and O–H groups in total. The number of aryl methyl sites for hydroxylation is 1. The van der Waals surface area contributed by atoms with Crippen molar-refractivity contribution in [2.75, 3.05) is 13.7 Å². The van der Waals surface area contributed by atoms with Crippen molar-refractivity contribution in [3.63, 3.8) is 0 Å². The van der Waals surface area contributed by atoms with Crippen LogP contribution in [-0.2, 0) is 6.42 Å². The van der Waals surface area contributed by atoms with Crippen molar-refractivity contribution in [1.82, 2.24) is 10.3 Å². The molecular formula is C20H19FN2O3. The predicted molar refractivity (Wildman–Crippen MR) is 95.7 cm³/mol. The lowest BCUT2D eigenvalue weighted by Crippen LogP contribution is -2.26. The Morgan fingerprint density at radius 2 is 2.00 bits per heavy atom. The van der Waals surface area contributed by atoms with E-state index in [0.717, 1.165) is 17.0 Å². The zero-order chi connectivity index (χ0) is 18.5. The molecule has 0 saturated carbocycles. The van der Waals surface area contributed by atoms with Crippen molar-refractivity contribution in [2.24, 2.45) is 0 Å². The summed E-state index contributed by atoms with van der Waals surface area (Å²) in [4.78, 5) is 16.5. The number of methoxy groups -OCH3 is 1. The number of ether oxygens (including phenoxy) is 1. The van der Waals surface area contributed by atoms with E-state index in [1.807, 2.05) is 24.3 Å². The Morgan fingerprint density at radius 1 is 1.23 bits per heavy atom. The van der Waals surface area contributed by atoms with E-state index in [1.165, 1.54) is 12.1 Å². The second-order valence-corrected chi connectivity index (χ2v) is 5.90. The molecule has 26 heavy (non-hydrogen) atoms. The number of carbonyl (C=O) groups is 1. The molecule has 6 heteroatoms. The zero-order valence-corrected chi connectivity index (χ0v) is 14.6. The first-order valence-corrected chi connectivity index (χ1v) is 8.19. The molecule has 0 bridgehead atoms. The van der Waals surface area contributed by atoms with Gasteiger partial charge in [-0.05, 0) is 55.0 Å². The quantitative estimate of drug-likeness (QED) is 0.732. The molecule has 0 unspecified atom stereocenters. The number of halogens is 1. The largest absolute Gasteiger partial charge is 0.497 e. The van der Waals surface area contributed by atoms with E-state index >= 15 is 0 Å². The monoisotopic (exact) mass is 354 g/mol. The van der Waals surface area contributed by atoms with E-state index in [2.05, 4.69) is 10.3 Å². The van der Waals surface area contributed by atoms with Crippen molar-refractivity contribution in [3.05, 3.63) is 71.4 Å². The number of oxazole rings is 1. The van der Waals surface area contributed by atoms with Crippen LogP contribution in [0.25, 0.3) is 11.5 Å². The second-order valence-electron chi connectivity index (χ2n) is 5.90. The van der Waals surface area contributed by atoms with E-state index in [0.29, 0.717) is 30.0 Å². The lowest BCUT2D eigenvalue weighted by molar-refractivity contribution is 0.0953. The SMILES string of the molecule is COc1ccc(-c2nc(CCNC(=O)c3cc(C)cc(F)c3)co2)cc1. The minimum absolute atomic E-state index is 0.307. The molecule has 0 fully saturated rings. The third kappa shape index (κ3) is 4.27. The van der Waals surface area contributed by atoms with Gasteiger partial charge in [-0.1, -0.05) is 0 Å². The van der Waals surface area contributed by atoms with Crippen LogP contribution in [0.3, 0.4) is 0 Å². The molecule has 1 heterocycles. The molecule has 5 nitrogen and oxygen atoms in total. The summed E-state index contributed by atoms with van der Waals surface area (Å²) in [6.07, 6.45) is 2.08. The van der Waals surface area contributed by atoms with E-state index < -0.39 is 5.82 Å². The number of hydrogen-bond acceptors (Lipinski definition) is 4. The Morgan fingerprint density at radius 3 is 2.69 bits per heavy atom. The van der Waals surface area contributed by atoms with Crippen molar-refractivity contribution >= 4 is 5.91 Å². The topological polar surface area (TPSA) is 64.4 Å². The molecule has 3 aromatic rings. The Bertz CT molecular complexity index is 883. The highest BCUT2D eigenvalue weighted by molar-refractivity contribution is 5.94. The number of nitrogens with one attached hydrogen (secondary N) is 1. The lowest BCUT2D eigenvalue weighted by Gasteiger charge is -2.05. The van der Waals surface area contributed by atoms with E-state index in [1.54, 1.807) is 26.4 Å². The van der Waals surface area contributed by atoms with Gasteiger partial charge in [0.1, 0.15) is 17.8 Å². The maximum absolute atomic E-state index is 13.4. The van der Waals surface area contributed by atoms with Gasteiger partial charge in [0.2, 0.25) is 5.89 Å². The molecule has 1 aromatic heterocycles. The maximum atomic E-state index is 13.4. The highest BCUT2D eigenvalue weighted by Crippen LogP contribution is 2.21. The van der Waals surface area contributed by atoms with Crippen LogP contribution < -0.4 is 10.1 Å². The van der Waals surface area contributed by atoms with Crippen LogP contribution >= 0.6 is 0 Å². The summed E-state index contributed by atoms with van der Waals surface area (Å²) in [6, 6.07) is 11.6. The summed E-state index contributed by atoms with van der Waals surface area (Å²) in [6.45, 7) is 2.12. The fourth-order valence-corrected chi connectivity index (χ4v) is 2.56. The highest BCUT2D eigenvalue weighted by atomic mass is 19.1. The number of benzene rings is 2. The Labute approximate surface area is 150 Å². The normalized spacial score (nSPS) is 10.6. The Balaban J connectivity index is 1.57. The van der Waals surface area contributed by atoms with Crippen LogP contribution in [0.1, 0.15) is 21.6 Å². The molecule has 0 aliphatic rings. The first kappa shape index (κ1) is 17.7. The van der Waals surface area contributed by atoms with Gasteiger partial charge in [-0.15, -0.1) is 0 Å². The van der Waals surface area contributed by atoms with Gasteiger partial charge >= 0.3 is 0 Å². The third-order valence-electron chi connectivity index (χ3n) is 3.86. The summed E-state index contributed by atoms with van der Waals surface area (Å²) in [5.74, 6) is 0.535. The number of carbonyl (C=O) groups excluding carboxylic acids is 1. The van der Waals surface area contributed by atoms with E-state index in [-0.39, 0.29) is 5.91 Å². The molecule has 0 spiro atoms. The van der Waals surface area contributed by atoms with Gasteiger partial charge in [0, 0.05) is 24.1 Å². The highest BCUT2D eigenvalue weighted by Gasteiger charge is 2.10. The van der Waals surface area contributed by atoms with E-state index in [9.17, 15) is 9.18 Å². The molecule has 3 rings (SSSR count). The summed E-state index contributed by atoms with van der Waals surface area (Å²) < 4.78 is 24.0. The molecule has 0 aliphatic carbocycles. The van der Waals surface area contributed by atoms with Crippen LogP contribution in [0.5, 0.6) is 5.75 Å². The van der Waals surface area contributed by atoms with Gasteiger partial charge in [0.05, 0.1) is 12.8 Å². The minimum atomic E-state index is -0.421. The van der Waals surface area contributed by atoms with Gasteiger partial charge < -0.3 is 14.5 Å². The summed E-state index contributed by atoms with van der Waals surface area (Å²) in [5.41, 5.74) is 2.58. The molecule has 0 atom stereocenters. The number of hydrogen-bond donors (Lipinski definition) is 1. The average Bonchev–Trinajstić information content (AvgIpc) is 3.10. The summed E-state index contributed by atoms with van der Waals surface area (Å²) in [5, 5.41) is 2.76. The molecule has 134 valence electrons. The number of nitrogens with zero attached hydrogens (tertiary/aromatic N) is 1. The van der Waals surface area contributed by atoms with Gasteiger partial charge in [0.25, 0.3) is 5.91 Å². The van der Waals surface area contributed by atoms with E-state index in [4.69, 9.17) is 9.15 Å². The lowest BCUT2D eigenvalue weighted by atomic mass is 10.1. The maximum Gasteiger partial charge on any atom is 0.251 e. The zero-order valence-electron chi connectivity index (χ0n) is 14.6. The van der Waals surface area contributed by atoms with Crippen LogP contribution in [0, 0.1) is 12.7 Å². The molecule has 0 saturated heterocycles. The predicted octanol–water partition coefficient (Wildman–Crippen LogP) is 3.77. The molecule has 2 aromatic carbocycles. The number of amides is 1. The van der Waals surface area contributed by atoms with Gasteiger partial charge in [-0.3, -0.25) is 4.79 Å². The standard InChI is InChI=1S/C20H19FN2O3/c1-13-9-15(11-16(21)10-13)19(24)22-8-7-17-12-26-20(23-17)14-3-5-18(25-2)6-4-14/h3-6,9-12H,7-8H2,1-2H3,(H,22,24). The van der Waals surface area contributed by atoms with Crippen molar-refractivity contribution in [1.29, 1.82) is 0 Å². The minimum Gasteiger partial charge on any atom is -0.497 e. The first-order chi connectivity index (χ1) is 12.5. The summed E-state index contributed by atoms with van der Waals surface area (Å²) >= 11 is 0. The first-order valence-electron chi connectivity index (χ1n) is 8.19. The van der Waals surface area contributed by atoms with Gasteiger partial charge in [-0.25, -0.2) is 9.37 Å². The Kier molecular flexibility index (Phi) is 5.31. The summed E-state index contributed by atoms with van der Waals surface area (Å²) in [7, 11) is 1.61. The fraction of sp³-hybridized carbons (Fsp3) is 0.200. The molecule has 0 aliphatic heterocycles. The number of rotatable bonds is 6. The fourth-order valence-electron chi connectivity index (χ4n) is 2.56.